The highest BCUT2D eigenvalue weighted by atomic mass is 35.5. The third kappa shape index (κ3) is 7.38. The summed E-state index contributed by atoms with van der Waals surface area (Å²) in [6.45, 7) is 5.82. The molecule has 1 aliphatic rings. The summed E-state index contributed by atoms with van der Waals surface area (Å²) in [6, 6.07) is 9.77. The summed E-state index contributed by atoms with van der Waals surface area (Å²) in [6.07, 6.45) is 5.15. The van der Waals surface area contributed by atoms with Gasteiger partial charge in [0.15, 0.2) is 5.69 Å². The number of nitrogens with two attached hydrogens (primary N) is 1. The van der Waals surface area contributed by atoms with Crippen LogP contribution in [0.2, 0.25) is 5.02 Å². The number of nitrogens with zero attached hydrogens (tertiary/aromatic N) is 2. The topological polar surface area (TPSA) is 117 Å². The Kier molecular flexibility index (Phi) is 9.30. The number of nitrogens with one attached hydrogen (secondary N) is 2. The molecule has 3 amide bonds. The van der Waals surface area contributed by atoms with E-state index in [4.69, 9.17) is 17.3 Å². The molecule has 0 saturated heterocycles. The monoisotopic (exact) mass is 587 g/mol. The van der Waals surface area contributed by atoms with Crippen LogP contribution in [0.3, 0.4) is 0 Å². The summed E-state index contributed by atoms with van der Waals surface area (Å²) in [5, 5.41) is 8.46. The van der Waals surface area contributed by atoms with E-state index in [1.54, 1.807) is 24.3 Å². The van der Waals surface area contributed by atoms with Crippen molar-refractivity contribution in [2.24, 2.45) is 0 Å². The van der Waals surface area contributed by atoms with E-state index in [9.17, 15) is 14.4 Å². The smallest absolute Gasteiger partial charge is 0.273 e. The first-order valence-electron chi connectivity index (χ1n) is 13.0. The highest BCUT2D eigenvalue weighted by molar-refractivity contribution is 7.10. The maximum atomic E-state index is 14.2. The van der Waals surface area contributed by atoms with Gasteiger partial charge in [0.2, 0.25) is 5.91 Å². The van der Waals surface area contributed by atoms with Crippen LogP contribution in [0.5, 0.6) is 0 Å². The molecule has 0 unspecified atom stereocenters. The number of carbonyl (C=O) groups is 3. The Morgan fingerprint density at radius 1 is 1.13 bits per heavy atom. The lowest BCUT2D eigenvalue weighted by molar-refractivity contribution is -0.127. The molecule has 8 nitrogen and oxygen atoms in total. The van der Waals surface area contributed by atoms with Crippen LogP contribution in [0, 0.1) is 0 Å². The van der Waals surface area contributed by atoms with E-state index in [2.05, 4.69) is 15.0 Å². The van der Waals surface area contributed by atoms with Crippen LogP contribution < -0.4 is 16.4 Å². The van der Waals surface area contributed by atoms with Gasteiger partial charge in [-0.3, -0.25) is 14.4 Å². The molecule has 1 aliphatic carbocycles. The average molecular weight is 588 g/mol. The summed E-state index contributed by atoms with van der Waals surface area (Å²) in [7, 11) is 0. The first kappa shape index (κ1) is 29.0. The highest BCUT2D eigenvalue weighted by Crippen LogP contribution is 2.32. The summed E-state index contributed by atoms with van der Waals surface area (Å²) in [5.41, 5.74) is 6.53. The number of benzene rings is 1. The second kappa shape index (κ2) is 12.5. The summed E-state index contributed by atoms with van der Waals surface area (Å²) in [4.78, 5) is 43.4. The summed E-state index contributed by atoms with van der Waals surface area (Å²) in [5.74, 6) is -1.19. The molecule has 0 aliphatic heterocycles. The molecule has 1 saturated carbocycles. The van der Waals surface area contributed by atoms with Crippen molar-refractivity contribution in [2.45, 2.75) is 77.0 Å². The fourth-order valence-corrected chi connectivity index (χ4v) is 6.24. The Morgan fingerprint density at radius 3 is 2.44 bits per heavy atom. The molecule has 1 fully saturated rings. The van der Waals surface area contributed by atoms with E-state index in [1.807, 2.05) is 38.3 Å². The molecule has 2 aromatic heterocycles. The predicted octanol–water partition coefficient (Wildman–Crippen LogP) is 5.80. The number of rotatable bonds is 8. The van der Waals surface area contributed by atoms with Gasteiger partial charge >= 0.3 is 0 Å². The fourth-order valence-electron chi connectivity index (χ4n) is 4.65. The number of hydrogen-bond donors (Lipinski definition) is 3. The minimum absolute atomic E-state index is 0.0283. The molecule has 3 aromatic rings. The minimum atomic E-state index is -0.975. The van der Waals surface area contributed by atoms with Crippen LogP contribution in [0.1, 0.15) is 89.5 Å². The van der Waals surface area contributed by atoms with Gasteiger partial charge in [0.05, 0.1) is 12.2 Å². The Labute approximate surface area is 242 Å². The second-order valence-electron chi connectivity index (χ2n) is 10.8. The number of amides is 3. The third-order valence-corrected chi connectivity index (χ3v) is 8.45. The molecular weight excluding hydrogens is 554 g/mol. The predicted molar refractivity (Wildman–Crippen MR) is 157 cm³/mol. The lowest BCUT2D eigenvalue weighted by Crippen LogP contribution is -2.49. The van der Waals surface area contributed by atoms with Crippen molar-refractivity contribution in [1.82, 2.24) is 19.9 Å². The van der Waals surface area contributed by atoms with E-state index in [1.165, 1.54) is 22.7 Å². The number of carbonyl (C=O) groups excluding carboxylic acids is 3. The van der Waals surface area contributed by atoms with Crippen LogP contribution in [0.4, 0.5) is 5.69 Å². The van der Waals surface area contributed by atoms with Crippen molar-refractivity contribution in [3.05, 3.63) is 67.8 Å². The largest absolute Gasteiger partial charge is 0.395 e. The van der Waals surface area contributed by atoms with E-state index >= 15 is 0 Å². The van der Waals surface area contributed by atoms with Gasteiger partial charge in [0.1, 0.15) is 10.9 Å². The Bertz CT molecular complexity index is 1300. The van der Waals surface area contributed by atoms with Gasteiger partial charge in [-0.25, -0.2) is 0 Å². The van der Waals surface area contributed by atoms with Crippen LogP contribution in [0.15, 0.2) is 41.8 Å². The number of thiophene rings is 1. The number of aromatic nitrogens is 1. The normalized spacial score (nSPS) is 15.0. The lowest BCUT2D eigenvalue weighted by atomic mass is 9.95. The second-order valence-corrected chi connectivity index (χ2v) is 13.0. The Hall–Kier alpha value is -2.95. The van der Waals surface area contributed by atoms with Crippen LogP contribution in [0.25, 0.3) is 0 Å². The molecule has 4 N–H and O–H groups in total. The van der Waals surface area contributed by atoms with E-state index in [0.717, 1.165) is 42.1 Å². The molecule has 4 rings (SSSR count). The first-order chi connectivity index (χ1) is 18.5. The van der Waals surface area contributed by atoms with Crippen molar-refractivity contribution in [2.75, 3.05) is 5.73 Å². The van der Waals surface area contributed by atoms with Gasteiger partial charge in [-0.2, -0.15) is 4.37 Å². The quantitative estimate of drug-likeness (QED) is 0.308. The Balaban J connectivity index is 1.70. The molecule has 0 bridgehead atoms. The summed E-state index contributed by atoms with van der Waals surface area (Å²) < 4.78 is 4.27. The Morgan fingerprint density at radius 2 is 1.82 bits per heavy atom. The zero-order valence-corrected chi connectivity index (χ0v) is 24.7. The molecule has 208 valence electrons. The van der Waals surface area contributed by atoms with Crippen LogP contribution in [-0.4, -0.2) is 38.6 Å². The minimum Gasteiger partial charge on any atom is -0.395 e. The van der Waals surface area contributed by atoms with E-state index in [0.29, 0.717) is 10.6 Å². The number of anilines is 1. The maximum Gasteiger partial charge on any atom is 0.273 e. The van der Waals surface area contributed by atoms with Gasteiger partial charge in [0, 0.05) is 21.5 Å². The first-order valence-corrected chi connectivity index (χ1v) is 15.0. The number of halogens is 1. The number of nitrogen functional groups attached to an aromatic ring is 1. The molecule has 1 aromatic carbocycles. The molecule has 39 heavy (non-hydrogen) atoms. The third-order valence-electron chi connectivity index (χ3n) is 6.49. The van der Waals surface area contributed by atoms with Gasteiger partial charge < -0.3 is 21.3 Å². The van der Waals surface area contributed by atoms with Gasteiger partial charge in [-0.15, -0.1) is 11.3 Å². The maximum absolute atomic E-state index is 14.2. The van der Waals surface area contributed by atoms with Crippen LogP contribution >= 0.6 is 34.5 Å². The standard InChI is InChI=1S/C28H34ClN5O3S2/c1-28(2,3)32-26(36)23(17-11-13-18(29)14-12-17)34(16-20-10-7-15-38-20)27(37)24-21(30)22(33-39-24)25(35)31-19-8-5-4-6-9-19/h7,10-15,19,23H,4-6,8-9,16,30H2,1-3H3,(H,31,35)(H,32,36)/t23-/m0/s1. The fraction of sp³-hybridized carbons (Fsp3) is 0.429. The zero-order valence-electron chi connectivity index (χ0n) is 22.3. The molecule has 1 atom stereocenters. The van der Waals surface area contributed by atoms with Crippen molar-refractivity contribution in [1.29, 1.82) is 0 Å². The van der Waals surface area contributed by atoms with Crippen molar-refractivity contribution in [3.8, 4) is 0 Å². The highest BCUT2D eigenvalue weighted by Gasteiger charge is 2.36. The number of hydrogen-bond acceptors (Lipinski definition) is 7. The van der Waals surface area contributed by atoms with Crippen molar-refractivity contribution in [3.63, 3.8) is 0 Å². The molecular formula is C28H34ClN5O3S2. The van der Waals surface area contributed by atoms with Gasteiger partial charge in [-0.1, -0.05) is 49.1 Å². The molecule has 0 spiro atoms. The summed E-state index contributed by atoms with van der Waals surface area (Å²) >= 11 is 8.50. The van der Waals surface area contributed by atoms with Gasteiger partial charge in [0.25, 0.3) is 11.8 Å². The molecule has 11 heteroatoms. The van der Waals surface area contributed by atoms with E-state index < -0.39 is 17.5 Å². The average Bonchev–Trinajstić information content (AvgIpc) is 3.53. The zero-order chi connectivity index (χ0) is 28.2. The van der Waals surface area contributed by atoms with E-state index in [-0.39, 0.29) is 40.7 Å². The molecule has 0 radical (unpaired) electrons. The van der Waals surface area contributed by atoms with Crippen molar-refractivity contribution < 1.29 is 14.4 Å². The lowest BCUT2D eigenvalue weighted by Gasteiger charge is -2.33. The molecule has 2 heterocycles. The van der Waals surface area contributed by atoms with Crippen LogP contribution in [-0.2, 0) is 11.3 Å². The van der Waals surface area contributed by atoms with Gasteiger partial charge in [-0.05, 0) is 74.3 Å². The van der Waals surface area contributed by atoms with Crippen molar-refractivity contribution >= 4 is 57.9 Å². The SMILES string of the molecule is CC(C)(C)NC(=O)[C@H](c1ccc(Cl)cc1)N(Cc1cccs1)C(=O)c1snc(C(=O)NC2CCCCC2)c1N.